The third-order valence-electron chi connectivity index (χ3n) is 12.5. The monoisotopic (exact) mass is 772 g/mol. The Morgan fingerprint density at radius 3 is 2.43 bits per heavy atom. The first-order chi connectivity index (χ1) is 27.0. The minimum atomic E-state index is -4.60. The molecule has 4 saturated heterocycles. The highest BCUT2D eigenvalue weighted by Crippen LogP contribution is 2.49. The summed E-state index contributed by atoms with van der Waals surface area (Å²) in [5.74, 6) is 0.551. The number of carbonyl (C=O) groups is 1. The van der Waals surface area contributed by atoms with Crippen molar-refractivity contribution in [2.45, 2.75) is 83.2 Å². The molecule has 1 aromatic heterocycles. The van der Waals surface area contributed by atoms with Crippen molar-refractivity contribution in [3.63, 3.8) is 0 Å². The molecule has 1 spiro atoms. The summed E-state index contributed by atoms with van der Waals surface area (Å²) in [6.07, 6.45) is 6.16. The van der Waals surface area contributed by atoms with Crippen LogP contribution in [0.5, 0.6) is 11.8 Å². The number of ether oxygens (including phenoxy) is 3. The lowest BCUT2D eigenvalue weighted by Crippen LogP contribution is -2.61. The minimum Gasteiger partial charge on any atom is -0.481 e. The Balaban J connectivity index is 1.22. The lowest BCUT2D eigenvalue weighted by molar-refractivity contribution is -0.153. The Hall–Kier alpha value is -4.49. The topological polar surface area (TPSA) is 92.6 Å². The summed E-state index contributed by atoms with van der Waals surface area (Å²) in [5.41, 5.74) is 4.90. The third-order valence-corrected chi connectivity index (χ3v) is 12.5. The van der Waals surface area contributed by atoms with Gasteiger partial charge in [-0.1, -0.05) is 38.3 Å². The van der Waals surface area contributed by atoms with Crippen LogP contribution in [0.1, 0.15) is 80.2 Å². The number of hydrogen-bond donors (Lipinski definition) is 0. The van der Waals surface area contributed by atoms with E-state index in [9.17, 15) is 18.0 Å². The molecule has 6 heterocycles. The van der Waals surface area contributed by atoms with Gasteiger partial charge in [0.1, 0.15) is 17.4 Å². The zero-order valence-electron chi connectivity index (χ0n) is 32.4. The maximum atomic E-state index is 14.1. The van der Waals surface area contributed by atoms with Crippen LogP contribution < -0.4 is 14.4 Å². The highest BCUT2D eigenvalue weighted by molar-refractivity contribution is 6.06. The Kier molecular flexibility index (Phi) is 10.6. The second-order valence-electron chi connectivity index (χ2n) is 16.0. The number of carbonyl (C=O) groups excluding carboxylic acids is 1. The van der Waals surface area contributed by atoms with Crippen LogP contribution in [0.3, 0.4) is 0 Å². The van der Waals surface area contributed by atoms with Crippen molar-refractivity contribution in [3.8, 4) is 22.9 Å². The van der Waals surface area contributed by atoms with E-state index in [4.69, 9.17) is 29.2 Å². The molecule has 0 bridgehead atoms. The summed E-state index contributed by atoms with van der Waals surface area (Å²) < 4.78 is 60.5. The normalized spacial score (nSPS) is 21.6. The maximum Gasteiger partial charge on any atom is 0.422 e. The molecular weight excluding hydrogens is 722 g/mol. The number of nitrogens with zero attached hydrogens (tertiary/aromatic N) is 6. The van der Waals surface area contributed by atoms with Crippen molar-refractivity contribution in [3.05, 3.63) is 59.7 Å². The number of aliphatic imine (C=N–C) groups is 1. The van der Waals surface area contributed by atoms with Crippen molar-refractivity contribution in [1.82, 2.24) is 19.8 Å². The number of aryl methyl sites for hydroxylation is 1. The van der Waals surface area contributed by atoms with E-state index in [0.717, 1.165) is 93.5 Å². The molecule has 5 aliphatic rings. The Bertz CT molecular complexity index is 2020. The maximum absolute atomic E-state index is 14.1. The summed E-state index contributed by atoms with van der Waals surface area (Å²) in [7, 11) is 0. The molecular formula is C43H51F3N6O4. The van der Waals surface area contributed by atoms with Crippen molar-refractivity contribution in [1.29, 1.82) is 0 Å². The van der Waals surface area contributed by atoms with Crippen LogP contribution in [0.15, 0.2) is 42.4 Å². The predicted molar refractivity (Wildman–Crippen MR) is 212 cm³/mol. The summed E-state index contributed by atoms with van der Waals surface area (Å²) in [5, 5.41) is 0.570. The highest BCUT2D eigenvalue weighted by Gasteiger charge is 2.46. The third kappa shape index (κ3) is 7.40. The Labute approximate surface area is 326 Å². The molecule has 10 nitrogen and oxygen atoms in total. The summed E-state index contributed by atoms with van der Waals surface area (Å²) in [4.78, 5) is 33.5. The molecule has 0 radical (unpaired) electrons. The first-order valence-corrected chi connectivity index (χ1v) is 20.0. The van der Waals surface area contributed by atoms with E-state index < -0.39 is 12.8 Å². The van der Waals surface area contributed by atoms with Gasteiger partial charge in [0.2, 0.25) is 5.91 Å². The molecule has 4 fully saturated rings. The standard InChI is InChI=1S/C43H51F3N6O4/c1-5-28-22-32-38(39(55-26-43(44,45)46)37(28)36-27(4)8-9-31-33(36)23-47-34(31)6-2)48-41(56-30-10-16-50(17-11-30)29-12-20-54-21-13-29)49-40(32)51-18-14-42(15-19-51)24-52(25-42)35(53)7-3/h5,7-9,22-23,29-30,34H,1,3,6,10-21,24-26H2,2,4H3. The number of fused-ring (bicyclic) bond motifs is 2. The Morgan fingerprint density at radius 1 is 1.04 bits per heavy atom. The van der Waals surface area contributed by atoms with Gasteiger partial charge in [-0.05, 0) is 86.3 Å². The average Bonchev–Trinajstić information content (AvgIpc) is 3.62. The molecule has 56 heavy (non-hydrogen) atoms. The van der Waals surface area contributed by atoms with E-state index in [1.165, 1.54) is 6.08 Å². The quantitative estimate of drug-likeness (QED) is 0.194. The molecule has 0 saturated carbocycles. The van der Waals surface area contributed by atoms with Gasteiger partial charge in [0, 0.05) is 86.7 Å². The zero-order chi connectivity index (χ0) is 39.2. The Morgan fingerprint density at radius 2 is 1.77 bits per heavy atom. The van der Waals surface area contributed by atoms with Gasteiger partial charge >= 0.3 is 12.2 Å². The summed E-state index contributed by atoms with van der Waals surface area (Å²) in [6, 6.07) is 6.57. The van der Waals surface area contributed by atoms with E-state index in [-0.39, 0.29) is 40.7 Å². The van der Waals surface area contributed by atoms with E-state index in [1.807, 2.05) is 30.2 Å². The molecule has 1 atom stereocenters. The second-order valence-corrected chi connectivity index (χ2v) is 16.0. The summed E-state index contributed by atoms with van der Waals surface area (Å²) >= 11 is 0. The van der Waals surface area contributed by atoms with Crippen molar-refractivity contribution >= 4 is 34.9 Å². The smallest absolute Gasteiger partial charge is 0.422 e. The molecule has 3 aromatic rings. The number of halogens is 3. The van der Waals surface area contributed by atoms with E-state index in [1.54, 1.807) is 6.08 Å². The van der Waals surface area contributed by atoms with Crippen LogP contribution in [0.25, 0.3) is 28.1 Å². The number of hydrogen-bond acceptors (Lipinski definition) is 9. The van der Waals surface area contributed by atoms with Crippen molar-refractivity contribution in [2.75, 3.05) is 64.0 Å². The number of benzene rings is 2. The van der Waals surface area contributed by atoms with Crippen LogP contribution in [0.2, 0.25) is 0 Å². The fraction of sp³-hybridized carbons (Fsp3) is 0.535. The van der Waals surface area contributed by atoms with E-state index >= 15 is 0 Å². The largest absolute Gasteiger partial charge is 0.481 e. The van der Waals surface area contributed by atoms with Crippen LogP contribution in [-0.4, -0.2) is 109 Å². The van der Waals surface area contributed by atoms with E-state index in [2.05, 4.69) is 35.9 Å². The molecule has 1 amide bonds. The number of rotatable bonds is 10. The fourth-order valence-corrected chi connectivity index (χ4v) is 9.42. The van der Waals surface area contributed by atoms with Gasteiger partial charge in [-0.15, -0.1) is 0 Å². The minimum absolute atomic E-state index is 0.0132. The molecule has 2 aromatic carbocycles. The number of alkyl halides is 3. The van der Waals surface area contributed by atoms with Gasteiger partial charge in [0.25, 0.3) is 0 Å². The van der Waals surface area contributed by atoms with Crippen molar-refractivity contribution < 1.29 is 32.2 Å². The molecule has 298 valence electrons. The van der Waals surface area contributed by atoms with Gasteiger partial charge in [-0.2, -0.15) is 23.1 Å². The highest BCUT2D eigenvalue weighted by atomic mass is 19.4. The molecule has 5 aliphatic heterocycles. The fourth-order valence-electron chi connectivity index (χ4n) is 9.42. The number of aromatic nitrogens is 2. The van der Waals surface area contributed by atoms with Crippen LogP contribution in [0.4, 0.5) is 19.0 Å². The molecule has 0 N–H and O–H groups in total. The van der Waals surface area contributed by atoms with Crippen LogP contribution >= 0.6 is 0 Å². The van der Waals surface area contributed by atoms with Crippen LogP contribution in [-0.2, 0) is 9.53 Å². The molecule has 1 unspecified atom stereocenters. The SMILES string of the molecule is C=CC(=O)N1CC2(CCN(c3nc(OC4CCN(C5CCOCC5)CC4)nc4c(OCC(F)(F)F)c(-c5c(C)ccc6c5C=NC6CC)c(C=C)cc34)CC2)C1. The molecule has 8 rings (SSSR count). The predicted octanol–water partition coefficient (Wildman–Crippen LogP) is 7.71. The van der Waals surface area contributed by atoms with Crippen LogP contribution in [0, 0.1) is 12.3 Å². The summed E-state index contributed by atoms with van der Waals surface area (Å²) in [6.45, 7) is 16.3. The first kappa shape index (κ1) is 38.4. The lowest BCUT2D eigenvalue weighted by Gasteiger charge is -2.54. The van der Waals surface area contributed by atoms with Crippen molar-refractivity contribution in [2.24, 2.45) is 10.4 Å². The lowest BCUT2D eigenvalue weighted by atomic mass is 9.72. The number of anilines is 1. The molecule has 0 aliphatic carbocycles. The van der Waals surface area contributed by atoms with Gasteiger partial charge in [-0.3, -0.25) is 14.7 Å². The van der Waals surface area contributed by atoms with Gasteiger partial charge in [0.05, 0.1) is 6.04 Å². The first-order valence-electron chi connectivity index (χ1n) is 20.0. The number of likely N-dealkylation sites (tertiary alicyclic amines) is 2. The molecule has 13 heteroatoms. The average molecular weight is 773 g/mol. The number of amides is 1. The van der Waals surface area contributed by atoms with Gasteiger partial charge in [-0.25, -0.2) is 0 Å². The number of piperidine rings is 2. The van der Waals surface area contributed by atoms with Gasteiger partial charge in [0.15, 0.2) is 12.4 Å². The zero-order valence-corrected chi connectivity index (χ0v) is 32.4. The van der Waals surface area contributed by atoms with E-state index in [0.29, 0.717) is 54.6 Å². The second kappa shape index (κ2) is 15.5. The van der Waals surface area contributed by atoms with Gasteiger partial charge < -0.3 is 24.0 Å².